The lowest BCUT2D eigenvalue weighted by molar-refractivity contribution is -0.120. The number of nitrogens with zero attached hydrogens (tertiary/aromatic N) is 1. The van der Waals surface area contributed by atoms with Crippen molar-refractivity contribution in [2.45, 2.75) is 11.3 Å². The maximum absolute atomic E-state index is 12.8. The number of ether oxygens (including phenoxy) is 1. The molecule has 1 heterocycles. The topological polar surface area (TPSA) is 63.2 Å². The molecule has 0 bridgehead atoms. The summed E-state index contributed by atoms with van der Waals surface area (Å²) in [6, 6.07) is 11.9. The number of hydrazine groups is 1. The first-order chi connectivity index (χ1) is 12.2. The molecule has 1 amide bonds. The van der Waals surface area contributed by atoms with Crippen LogP contribution >= 0.6 is 23.1 Å². The lowest BCUT2D eigenvalue weighted by Crippen LogP contribution is -2.29. The van der Waals surface area contributed by atoms with E-state index in [2.05, 4.69) is 15.8 Å². The number of carbonyl (C=O) groups is 1. The molecule has 0 aliphatic heterocycles. The van der Waals surface area contributed by atoms with Crippen molar-refractivity contribution < 1.29 is 13.9 Å². The fraction of sp³-hybridized carbons (Fsp3) is 0.176. The van der Waals surface area contributed by atoms with Crippen molar-refractivity contribution in [3.63, 3.8) is 0 Å². The van der Waals surface area contributed by atoms with Crippen LogP contribution < -0.4 is 15.6 Å². The Morgan fingerprint density at radius 3 is 2.84 bits per heavy atom. The van der Waals surface area contributed by atoms with Gasteiger partial charge in [0.15, 0.2) is 0 Å². The largest absolute Gasteiger partial charge is 0.494 e. The van der Waals surface area contributed by atoms with E-state index in [9.17, 15) is 9.18 Å². The lowest BCUT2D eigenvalue weighted by Gasteiger charge is -2.05. The first-order valence-electron chi connectivity index (χ1n) is 7.52. The molecular weight excluding hydrogens is 361 g/mol. The molecule has 0 aliphatic carbocycles. The number of thioether (sulfide) groups is 1. The van der Waals surface area contributed by atoms with Crippen molar-refractivity contribution in [3.05, 3.63) is 48.3 Å². The van der Waals surface area contributed by atoms with Gasteiger partial charge < -0.3 is 4.74 Å². The van der Waals surface area contributed by atoms with Crippen LogP contribution in [0.4, 0.5) is 9.52 Å². The summed E-state index contributed by atoms with van der Waals surface area (Å²) in [4.78, 5) is 17.3. The first-order valence-corrected chi connectivity index (χ1v) is 9.32. The second kappa shape index (κ2) is 8.17. The lowest BCUT2D eigenvalue weighted by atomic mass is 10.3. The summed E-state index contributed by atoms with van der Waals surface area (Å²) in [6.07, 6.45) is 0.337. The highest BCUT2D eigenvalue weighted by Gasteiger charge is 2.09. The molecule has 3 aromatic rings. The second-order valence-corrected chi connectivity index (χ2v) is 7.25. The molecule has 3 rings (SSSR count). The maximum atomic E-state index is 12.8. The third kappa shape index (κ3) is 4.61. The van der Waals surface area contributed by atoms with Crippen LogP contribution in [0.2, 0.25) is 0 Å². The van der Waals surface area contributed by atoms with Crippen LogP contribution in [0, 0.1) is 5.82 Å². The minimum Gasteiger partial charge on any atom is -0.494 e. The highest BCUT2D eigenvalue weighted by atomic mass is 32.2. The Morgan fingerprint density at radius 1 is 1.28 bits per heavy atom. The molecule has 0 unspecified atom stereocenters. The predicted molar refractivity (Wildman–Crippen MR) is 99.7 cm³/mol. The number of para-hydroxylation sites is 1. The third-order valence-corrected chi connectivity index (χ3v) is 5.27. The summed E-state index contributed by atoms with van der Waals surface area (Å²) in [7, 11) is 1.60. The molecule has 25 heavy (non-hydrogen) atoms. The van der Waals surface area contributed by atoms with E-state index in [0.29, 0.717) is 23.1 Å². The molecule has 0 radical (unpaired) electrons. The van der Waals surface area contributed by atoms with E-state index >= 15 is 0 Å². The van der Waals surface area contributed by atoms with E-state index < -0.39 is 0 Å². The number of hydrogen-bond donors (Lipinski definition) is 2. The smallest absolute Gasteiger partial charge is 0.239 e. The number of hydrogen-bond acceptors (Lipinski definition) is 6. The number of nitrogens with one attached hydrogen (secondary N) is 2. The van der Waals surface area contributed by atoms with E-state index in [0.717, 1.165) is 15.1 Å². The van der Waals surface area contributed by atoms with Gasteiger partial charge in [0.25, 0.3) is 0 Å². The van der Waals surface area contributed by atoms with Gasteiger partial charge in [0.1, 0.15) is 17.1 Å². The first kappa shape index (κ1) is 17.5. The van der Waals surface area contributed by atoms with E-state index in [1.54, 1.807) is 19.2 Å². The van der Waals surface area contributed by atoms with Crippen molar-refractivity contribution in [1.82, 2.24) is 10.4 Å². The van der Waals surface area contributed by atoms with E-state index in [1.165, 1.54) is 35.2 Å². The highest BCUT2D eigenvalue weighted by Crippen LogP contribution is 2.31. The fourth-order valence-corrected chi connectivity index (χ4v) is 3.81. The van der Waals surface area contributed by atoms with E-state index in [4.69, 9.17) is 4.74 Å². The Morgan fingerprint density at radius 2 is 2.08 bits per heavy atom. The number of aromatic nitrogens is 1. The van der Waals surface area contributed by atoms with Gasteiger partial charge in [-0.05, 0) is 36.4 Å². The molecule has 1 aromatic heterocycles. The summed E-state index contributed by atoms with van der Waals surface area (Å²) < 4.78 is 19.1. The van der Waals surface area contributed by atoms with Crippen LogP contribution in [0.25, 0.3) is 10.2 Å². The summed E-state index contributed by atoms with van der Waals surface area (Å²) in [5.74, 6) is 0.899. The number of rotatable bonds is 7. The molecule has 0 spiro atoms. The van der Waals surface area contributed by atoms with Crippen molar-refractivity contribution in [1.29, 1.82) is 0 Å². The number of fused-ring (bicyclic) bond motifs is 1. The number of carbonyl (C=O) groups excluding carboxylic acids is 1. The Balaban J connectivity index is 1.48. The molecule has 0 saturated heterocycles. The van der Waals surface area contributed by atoms with Crippen LogP contribution in [0.1, 0.15) is 6.42 Å². The van der Waals surface area contributed by atoms with Crippen LogP contribution in [-0.2, 0) is 4.79 Å². The predicted octanol–water partition coefficient (Wildman–Crippen LogP) is 4.07. The van der Waals surface area contributed by atoms with E-state index in [-0.39, 0.29) is 11.7 Å². The fourth-order valence-electron chi connectivity index (χ4n) is 2.12. The Labute approximate surface area is 152 Å². The third-order valence-electron chi connectivity index (χ3n) is 3.32. The van der Waals surface area contributed by atoms with Crippen molar-refractivity contribution in [2.24, 2.45) is 0 Å². The number of anilines is 1. The molecule has 2 aromatic carbocycles. The minimum absolute atomic E-state index is 0.138. The Kier molecular flexibility index (Phi) is 5.72. The molecule has 8 heteroatoms. The van der Waals surface area contributed by atoms with Gasteiger partial charge >= 0.3 is 0 Å². The number of benzene rings is 2. The molecule has 0 fully saturated rings. The van der Waals surface area contributed by atoms with Crippen LogP contribution in [0.3, 0.4) is 0 Å². The van der Waals surface area contributed by atoms with Gasteiger partial charge in [-0.25, -0.2) is 9.37 Å². The van der Waals surface area contributed by atoms with E-state index in [1.807, 2.05) is 18.2 Å². The monoisotopic (exact) mass is 377 g/mol. The molecule has 130 valence electrons. The average molecular weight is 377 g/mol. The Bertz CT molecular complexity index is 868. The summed E-state index contributed by atoms with van der Waals surface area (Å²) in [5.41, 5.74) is 6.23. The van der Waals surface area contributed by atoms with Gasteiger partial charge in [-0.2, -0.15) is 0 Å². The molecule has 0 atom stereocenters. The molecule has 2 N–H and O–H groups in total. The van der Waals surface area contributed by atoms with Gasteiger partial charge in [0, 0.05) is 17.1 Å². The summed E-state index contributed by atoms with van der Waals surface area (Å²) in [6.45, 7) is 0. The molecule has 0 aliphatic rings. The summed E-state index contributed by atoms with van der Waals surface area (Å²) >= 11 is 2.94. The van der Waals surface area contributed by atoms with Gasteiger partial charge in [-0.15, -0.1) is 11.8 Å². The standard InChI is InChI=1S/C17H16FN3O2S2/c1-23-13-3-2-4-14-16(13)19-17(25-14)21-20-15(22)9-10-24-12-7-5-11(18)6-8-12/h2-8H,9-10H2,1H3,(H,19,21)(H,20,22). The van der Waals surface area contributed by atoms with Gasteiger partial charge in [0.2, 0.25) is 11.0 Å². The zero-order valence-electron chi connectivity index (χ0n) is 13.4. The number of methoxy groups -OCH3 is 1. The summed E-state index contributed by atoms with van der Waals surface area (Å²) in [5, 5.41) is 0.596. The molecular formula is C17H16FN3O2S2. The maximum Gasteiger partial charge on any atom is 0.239 e. The number of thiazole rings is 1. The Hall–Kier alpha value is -2.32. The zero-order valence-corrected chi connectivity index (χ0v) is 15.0. The van der Waals surface area contributed by atoms with Crippen molar-refractivity contribution in [3.8, 4) is 5.75 Å². The average Bonchev–Trinajstić information content (AvgIpc) is 3.04. The zero-order chi connectivity index (χ0) is 17.6. The SMILES string of the molecule is COc1cccc2sc(NNC(=O)CCSc3ccc(F)cc3)nc12. The highest BCUT2D eigenvalue weighted by molar-refractivity contribution is 7.99. The van der Waals surface area contributed by atoms with Gasteiger partial charge in [-0.3, -0.25) is 15.6 Å². The van der Waals surface area contributed by atoms with Crippen molar-refractivity contribution in [2.75, 3.05) is 18.3 Å². The minimum atomic E-state index is -0.265. The van der Waals surface area contributed by atoms with Crippen molar-refractivity contribution >= 4 is 44.4 Å². The normalized spacial score (nSPS) is 10.6. The van der Waals surface area contributed by atoms with Crippen LogP contribution in [-0.4, -0.2) is 23.8 Å². The quantitative estimate of drug-likeness (QED) is 0.480. The number of amides is 1. The van der Waals surface area contributed by atoms with Gasteiger partial charge in [0.05, 0.1) is 11.8 Å². The van der Waals surface area contributed by atoms with Crippen LogP contribution in [0.15, 0.2) is 47.4 Å². The van der Waals surface area contributed by atoms with Gasteiger partial charge in [-0.1, -0.05) is 17.4 Å². The second-order valence-electron chi connectivity index (χ2n) is 5.05. The van der Waals surface area contributed by atoms with Crippen LogP contribution in [0.5, 0.6) is 5.75 Å². The molecule has 5 nitrogen and oxygen atoms in total. The number of halogens is 1. The molecule has 0 saturated carbocycles.